The summed E-state index contributed by atoms with van der Waals surface area (Å²) in [6.07, 6.45) is 0.134. The first-order valence-corrected chi connectivity index (χ1v) is 12.0. The van der Waals surface area contributed by atoms with Crippen LogP contribution >= 0.6 is 11.3 Å². The van der Waals surface area contributed by atoms with Gasteiger partial charge in [-0.1, -0.05) is 43.3 Å². The summed E-state index contributed by atoms with van der Waals surface area (Å²) < 4.78 is 12.2. The molecular weight excluding hydrogens is 432 g/mol. The predicted octanol–water partition coefficient (Wildman–Crippen LogP) is 6.16. The molecule has 6 heteroatoms. The fourth-order valence-electron chi connectivity index (χ4n) is 4.33. The minimum absolute atomic E-state index is 0.0325. The highest BCUT2D eigenvalue weighted by Crippen LogP contribution is 2.39. The summed E-state index contributed by atoms with van der Waals surface area (Å²) in [5, 5.41) is 3.23. The van der Waals surface area contributed by atoms with Crippen molar-refractivity contribution in [1.82, 2.24) is 4.98 Å². The normalized spacial score (nSPS) is 15.4. The fourth-order valence-corrected chi connectivity index (χ4v) is 5.17. The Morgan fingerprint density at radius 3 is 2.70 bits per heavy atom. The van der Waals surface area contributed by atoms with Crippen LogP contribution in [0.3, 0.4) is 0 Å². The first-order chi connectivity index (χ1) is 16.0. The Labute approximate surface area is 197 Å². The lowest BCUT2D eigenvalue weighted by molar-refractivity contribution is -0.126. The van der Waals surface area contributed by atoms with Crippen LogP contribution in [0.5, 0.6) is 11.5 Å². The largest absolute Gasteiger partial charge is 0.491 e. The monoisotopic (exact) mass is 458 g/mol. The van der Waals surface area contributed by atoms with E-state index >= 15 is 0 Å². The Kier molecular flexibility index (Phi) is 5.77. The van der Waals surface area contributed by atoms with E-state index in [4.69, 9.17) is 9.47 Å². The lowest BCUT2D eigenvalue weighted by atomic mass is 10.1. The summed E-state index contributed by atoms with van der Waals surface area (Å²) in [6.45, 7) is 6.87. The van der Waals surface area contributed by atoms with Gasteiger partial charge in [-0.15, -0.1) is 11.3 Å². The van der Waals surface area contributed by atoms with E-state index in [1.54, 1.807) is 16.2 Å². The van der Waals surface area contributed by atoms with E-state index in [-0.39, 0.29) is 5.91 Å². The number of aromatic nitrogens is 1. The maximum atomic E-state index is 13.2. The molecule has 0 saturated heterocycles. The Morgan fingerprint density at radius 1 is 1.09 bits per heavy atom. The van der Waals surface area contributed by atoms with Gasteiger partial charge in [-0.3, -0.25) is 4.79 Å². The number of rotatable bonds is 6. The number of ether oxygens (including phenoxy) is 2. The SMILES string of the molecule is CCC1Oc2ccc(-c3nc(C)sc3C)cc2N(CCOc2cccc3ccccc23)C1=O. The molecule has 1 atom stereocenters. The van der Waals surface area contributed by atoms with Gasteiger partial charge in [0.1, 0.15) is 18.1 Å². The maximum Gasteiger partial charge on any atom is 0.268 e. The molecule has 0 bridgehead atoms. The van der Waals surface area contributed by atoms with E-state index in [1.165, 1.54) is 0 Å². The lowest BCUT2D eigenvalue weighted by Gasteiger charge is -2.34. The van der Waals surface area contributed by atoms with Crippen molar-refractivity contribution >= 4 is 33.7 Å². The van der Waals surface area contributed by atoms with Crippen LogP contribution in [0, 0.1) is 13.8 Å². The Morgan fingerprint density at radius 2 is 1.91 bits per heavy atom. The molecule has 3 aromatic carbocycles. The lowest BCUT2D eigenvalue weighted by Crippen LogP contribution is -2.47. The maximum absolute atomic E-state index is 13.2. The number of thiazole rings is 1. The zero-order valence-corrected chi connectivity index (χ0v) is 19.8. The molecule has 1 aliphatic heterocycles. The smallest absolute Gasteiger partial charge is 0.268 e. The number of carbonyl (C=O) groups is 1. The standard InChI is InChI=1S/C27H26N2O3S/c1-4-23-27(30)29(14-15-31-24-11-7-9-19-8-5-6-10-21(19)24)22-16-20(12-13-25(22)32-23)26-17(2)33-18(3)28-26/h5-13,16,23H,4,14-15H2,1-3H3. The number of amides is 1. The highest BCUT2D eigenvalue weighted by molar-refractivity contribution is 7.11. The Bertz CT molecular complexity index is 1320. The van der Waals surface area contributed by atoms with Crippen molar-refractivity contribution in [2.24, 2.45) is 0 Å². The number of carbonyl (C=O) groups excluding carboxylic acids is 1. The van der Waals surface area contributed by atoms with Crippen LogP contribution in [0.2, 0.25) is 0 Å². The number of benzene rings is 3. The van der Waals surface area contributed by atoms with Crippen LogP contribution in [0.15, 0.2) is 60.7 Å². The van der Waals surface area contributed by atoms with Crippen LogP contribution < -0.4 is 14.4 Å². The molecule has 1 aliphatic rings. The summed E-state index contributed by atoms with van der Waals surface area (Å²) in [5.41, 5.74) is 2.72. The molecule has 0 saturated carbocycles. The van der Waals surface area contributed by atoms with Crippen molar-refractivity contribution in [3.05, 3.63) is 70.5 Å². The average Bonchev–Trinajstić information content (AvgIpc) is 3.17. The second-order valence-corrected chi connectivity index (χ2v) is 9.56. The first-order valence-electron chi connectivity index (χ1n) is 11.2. The second-order valence-electron chi connectivity index (χ2n) is 8.15. The summed E-state index contributed by atoms with van der Waals surface area (Å²) in [5.74, 6) is 1.51. The molecule has 168 valence electrons. The van der Waals surface area contributed by atoms with Gasteiger partial charge in [0, 0.05) is 15.8 Å². The molecule has 5 nitrogen and oxygen atoms in total. The highest BCUT2D eigenvalue weighted by Gasteiger charge is 2.33. The molecule has 4 aromatic rings. The van der Waals surface area contributed by atoms with E-state index in [0.29, 0.717) is 19.6 Å². The van der Waals surface area contributed by atoms with Crippen molar-refractivity contribution in [3.8, 4) is 22.8 Å². The molecule has 1 amide bonds. The third-order valence-corrected chi connectivity index (χ3v) is 6.82. The molecule has 0 aliphatic carbocycles. The van der Waals surface area contributed by atoms with Gasteiger partial charge in [-0.25, -0.2) is 4.98 Å². The van der Waals surface area contributed by atoms with Crippen molar-refractivity contribution in [2.45, 2.75) is 33.3 Å². The van der Waals surface area contributed by atoms with E-state index in [0.717, 1.165) is 49.1 Å². The van der Waals surface area contributed by atoms with Crippen molar-refractivity contribution in [3.63, 3.8) is 0 Å². The molecule has 0 spiro atoms. The molecule has 5 rings (SSSR count). The quantitative estimate of drug-likeness (QED) is 0.347. The van der Waals surface area contributed by atoms with Gasteiger partial charge in [-0.05, 0) is 49.9 Å². The summed E-state index contributed by atoms with van der Waals surface area (Å²) in [7, 11) is 0. The molecule has 0 radical (unpaired) electrons. The number of hydrogen-bond donors (Lipinski definition) is 0. The van der Waals surface area contributed by atoms with Gasteiger partial charge in [0.25, 0.3) is 5.91 Å². The average molecular weight is 459 g/mol. The minimum atomic E-state index is -0.482. The molecule has 2 heterocycles. The highest BCUT2D eigenvalue weighted by atomic mass is 32.1. The minimum Gasteiger partial charge on any atom is -0.491 e. The van der Waals surface area contributed by atoms with E-state index in [9.17, 15) is 4.79 Å². The third-order valence-electron chi connectivity index (χ3n) is 5.93. The van der Waals surface area contributed by atoms with E-state index < -0.39 is 6.10 Å². The zero-order chi connectivity index (χ0) is 22.9. The predicted molar refractivity (Wildman–Crippen MR) is 134 cm³/mol. The van der Waals surface area contributed by atoms with Crippen LogP contribution in [0.4, 0.5) is 5.69 Å². The molecule has 0 fully saturated rings. The van der Waals surface area contributed by atoms with E-state index in [2.05, 4.69) is 30.1 Å². The molecule has 1 aromatic heterocycles. The van der Waals surface area contributed by atoms with Crippen molar-refractivity contribution in [1.29, 1.82) is 0 Å². The number of nitrogens with zero attached hydrogens (tertiary/aromatic N) is 2. The summed E-state index contributed by atoms with van der Waals surface area (Å²) >= 11 is 1.68. The topological polar surface area (TPSA) is 51.7 Å². The zero-order valence-electron chi connectivity index (χ0n) is 19.0. The third kappa shape index (κ3) is 4.07. The van der Waals surface area contributed by atoms with E-state index in [1.807, 2.05) is 56.3 Å². The van der Waals surface area contributed by atoms with Gasteiger partial charge in [-0.2, -0.15) is 0 Å². The summed E-state index contributed by atoms with van der Waals surface area (Å²) in [4.78, 5) is 20.9. The van der Waals surface area contributed by atoms with Gasteiger partial charge in [0.15, 0.2) is 6.10 Å². The number of aryl methyl sites for hydroxylation is 2. The van der Waals surface area contributed by atoms with Crippen LogP contribution in [0.25, 0.3) is 22.0 Å². The Hall–Kier alpha value is -3.38. The summed E-state index contributed by atoms with van der Waals surface area (Å²) in [6, 6.07) is 20.2. The van der Waals surface area contributed by atoms with Crippen LogP contribution in [-0.2, 0) is 4.79 Å². The molecule has 33 heavy (non-hydrogen) atoms. The molecular formula is C27H26N2O3S. The molecule has 0 N–H and O–H groups in total. The van der Waals surface area contributed by atoms with Crippen LogP contribution in [-0.4, -0.2) is 30.1 Å². The number of anilines is 1. The van der Waals surface area contributed by atoms with Crippen molar-refractivity contribution in [2.75, 3.05) is 18.1 Å². The van der Waals surface area contributed by atoms with Gasteiger partial charge in [0.05, 0.1) is 22.9 Å². The Balaban J connectivity index is 1.43. The second kappa shape index (κ2) is 8.87. The van der Waals surface area contributed by atoms with Gasteiger partial charge >= 0.3 is 0 Å². The number of fused-ring (bicyclic) bond motifs is 2. The van der Waals surface area contributed by atoms with Gasteiger partial charge < -0.3 is 14.4 Å². The molecule has 1 unspecified atom stereocenters. The van der Waals surface area contributed by atoms with Gasteiger partial charge in [0.2, 0.25) is 0 Å². The van der Waals surface area contributed by atoms with Crippen molar-refractivity contribution < 1.29 is 14.3 Å². The van der Waals surface area contributed by atoms with Crippen LogP contribution in [0.1, 0.15) is 23.2 Å². The number of hydrogen-bond acceptors (Lipinski definition) is 5. The fraction of sp³-hybridized carbons (Fsp3) is 0.259. The first kappa shape index (κ1) is 21.5.